The van der Waals surface area contributed by atoms with Gasteiger partial charge in [-0.3, -0.25) is 9.78 Å². The van der Waals surface area contributed by atoms with Gasteiger partial charge in [-0.1, -0.05) is 6.07 Å². The minimum atomic E-state index is -0.0968. The van der Waals surface area contributed by atoms with Crippen molar-refractivity contribution in [3.63, 3.8) is 0 Å². The molecule has 1 aromatic carbocycles. The van der Waals surface area contributed by atoms with Crippen LogP contribution in [0.1, 0.15) is 21.5 Å². The molecule has 5 nitrogen and oxygen atoms in total. The van der Waals surface area contributed by atoms with E-state index in [1.54, 1.807) is 50.7 Å². The van der Waals surface area contributed by atoms with Crippen LogP contribution in [0.25, 0.3) is 0 Å². The maximum absolute atomic E-state index is 12.6. The van der Waals surface area contributed by atoms with Crippen LogP contribution >= 0.6 is 0 Å². The highest BCUT2D eigenvalue weighted by molar-refractivity contribution is 5.95. The van der Waals surface area contributed by atoms with Gasteiger partial charge in [0.2, 0.25) is 0 Å². The lowest BCUT2D eigenvalue weighted by Crippen LogP contribution is -2.26. The zero-order valence-electron chi connectivity index (χ0n) is 13.3. The van der Waals surface area contributed by atoms with E-state index in [-0.39, 0.29) is 5.91 Å². The van der Waals surface area contributed by atoms with Gasteiger partial charge in [-0.05, 0) is 30.7 Å². The van der Waals surface area contributed by atoms with Crippen molar-refractivity contribution in [1.29, 1.82) is 0 Å². The van der Waals surface area contributed by atoms with Gasteiger partial charge < -0.3 is 14.4 Å². The Bertz CT molecular complexity index is 631. The number of ether oxygens (including phenoxy) is 2. The Morgan fingerprint density at radius 2 is 1.86 bits per heavy atom. The molecule has 0 N–H and O–H groups in total. The van der Waals surface area contributed by atoms with E-state index in [4.69, 9.17) is 9.47 Å². The van der Waals surface area contributed by atoms with Gasteiger partial charge >= 0.3 is 0 Å². The molecule has 5 heteroatoms. The molecule has 0 aliphatic rings. The molecule has 1 heterocycles. The molecule has 2 rings (SSSR count). The summed E-state index contributed by atoms with van der Waals surface area (Å²) in [6.07, 6.45) is 3.46. The lowest BCUT2D eigenvalue weighted by atomic mass is 10.1. The molecule has 1 aromatic heterocycles. The number of carbonyl (C=O) groups excluding carboxylic acids is 1. The van der Waals surface area contributed by atoms with E-state index >= 15 is 0 Å². The van der Waals surface area contributed by atoms with Gasteiger partial charge in [0.15, 0.2) is 0 Å². The second kappa shape index (κ2) is 6.93. The highest BCUT2D eigenvalue weighted by Crippen LogP contribution is 2.30. The Hall–Kier alpha value is -2.56. The summed E-state index contributed by atoms with van der Waals surface area (Å²) in [6, 6.07) is 7.26. The Morgan fingerprint density at radius 3 is 2.36 bits per heavy atom. The van der Waals surface area contributed by atoms with E-state index in [0.717, 1.165) is 11.1 Å². The number of carbonyl (C=O) groups is 1. The zero-order chi connectivity index (χ0) is 16.1. The van der Waals surface area contributed by atoms with Crippen molar-refractivity contribution in [2.75, 3.05) is 21.3 Å². The summed E-state index contributed by atoms with van der Waals surface area (Å²) in [6.45, 7) is 2.39. The minimum absolute atomic E-state index is 0.0968. The minimum Gasteiger partial charge on any atom is -0.496 e. The fraction of sp³-hybridized carbons (Fsp3) is 0.294. The van der Waals surface area contributed by atoms with Crippen LogP contribution in [-0.2, 0) is 6.54 Å². The molecule has 0 aliphatic heterocycles. The summed E-state index contributed by atoms with van der Waals surface area (Å²) in [5, 5.41) is 0. The number of hydrogen-bond donors (Lipinski definition) is 0. The van der Waals surface area contributed by atoms with Crippen LogP contribution in [0, 0.1) is 6.92 Å². The standard InChI is InChI=1S/C17H20N2O3/c1-12-15(21-3)8-14(9-16(12)22-4)17(20)19(2)11-13-6-5-7-18-10-13/h5-10H,11H2,1-4H3. The van der Waals surface area contributed by atoms with Crippen LogP contribution in [0.4, 0.5) is 0 Å². The molecule has 0 radical (unpaired) electrons. The van der Waals surface area contributed by atoms with Crippen molar-refractivity contribution in [1.82, 2.24) is 9.88 Å². The molecule has 0 aliphatic carbocycles. The molecule has 116 valence electrons. The molecule has 22 heavy (non-hydrogen) atoms. The summed E-state index contributed by atoms with van der Waals surface area (Å²) in [5.41, 5.74) is 2.38. The van der Waals surface area contributed by atoms with Crippen LogP contribution < -0.4 is 9.47 Å². The quantitative estimate of drug-likeness (QED) is 0.852. The molecule has 0 spiro atoms. The van der Waals surface area contributed by atoms with E-state index in [1.165, 1.54) is 0 Å². The summed E-state index contributed by atoms with van der Waals surface area (Å²) in [5.74, 6) is 1.18. The molecular weight excluding hydrogens is 280 g/mol. The predicted molar refractivity (Wildman–Crippen MR) is 84.3 cm³/mol. The average molecular weight is 300 g/mol. The third kappa shape index (κ3) is 3.36. The summed E-state index contributed by atoms with van der Waals surface area (Å²) in [7, 11) is 4.92. The first-order valence-corrected chi connectivity index (χ1v) is 6.93. The van der Waals surface area contributed by atoms with Gasteiger partial charge in [-0.25, -0.2) is 0 Å². The molecule has 0 unspecified atom stereocenters. The second-order valence-corrected chi connectivity index (χ2v) is 5.03. The van der Waals surface area contributed by atoms with E-state index in [2.05, 4.69) is 4.98 Å². The van der Waals surface area contributed by atoms with Crippen molar-refractivity contribution in [2.45, 2.75) is 13.5 Å². The molecule has 0 saturated heterocycles. The maximum atomic E-state index is 12.6. The molecule has 1 amide bonds. The van der Waals surface area contributed by atoms with Gasteiger partial charge in [0.25, 0.3) is 5.91 Å². The Morgan fingerprint density at radius 1 is 1.23 bits per heavy atom. The lowest BCUT2D eigenvalue weighted by molar-refractivity contribution is 0.0784. The number of rotatable bonds is 5. The summed E-state index contributed by atoms with van der Waals surface area (Å²) in [4.78, 5) is 18.3. The third-order valence-corrected chi connectivity index (χ3v) is 3.49. The monoisotopic (exact) mass is 300 g/mol. The van der Waals surface area contributed by atoms with Crippen LogP contribution in [0.15, 0.2) is 36.7 Å². The number of hydrogen-bond acceptors (Lipinski definition) is 4. The van der Waals surface area contributed by atoms with Crippen LogP contribution in [0.5, 0.6) is 11.5 Å². The van der Waals surface area contributed by atoms with Crippen molar-refractivity contribution in [2.24, 2.45) is 0 Å². The molecule has 2 aromatic rings. The van der Waals surface area contributed by atoms with Gasteiger partial charge in [0, 0.05) is 37.1 Å². The second-order valence-electron chi connectivity index (χ2n) is 5.03. The van der Waals surface area contributed by atoms with Gasteiger partial charge in [0.1, 0.15) is 11.5 Å². The van der Waals surface area contributed by atoms with E-state index < -0.39 is 0 Å². The van der Waals surface area contributed by atoms with Crippen LogP contribution in [0.3, 0.4) is 0 Å². The van der Waals surface area contributed by atoms with Crippen molar-refractivity contribution >= 4 is 5.91 Å². The fourth-order valence-electron chi connectivity index (χ4n) is 2.27. The van der Waals surface area contributed by atoms with Crippen molar-refractivity contribution in [3.8, 4) is 11.5 Å². The number of nitrogens with zero attached hydrogens (tertiary/aromatic N) is 2. The fourth-order valence-corrected chi connectivity index (χ4v) is 2.27. The maximum Gasteiger partial charge on any atom is 0.254 e. The Labute approximate surface area is 130 Å². The van der Waals surface area contributed by atoms with Gasteiger partial charge in [0.05, 0.1) is 14.2 Å². The van der Waals surface area contributed by atoms with Crippen LogP contribution in [-0.4, -0.2) is 37.1 Å². The normalized spacial score (nSPS) is 10.2. The molecule has 0 saturated carbocycles. The van der Waals surface area contributed by atoms with E-state index in [1.807, 2.05) is 19.1 Å². The highest BCUT2D eigenvalue weighted by atomic mass is 16.5. The first-order valence-electron chi connectivity index (χ1n) is 6.93. The van der Waals surface area contributed by atoms with E-state index in [0.29, 0.717) is 23.6 Å². The van der Waals surface area contributed by atoms with Gasteiger partial charge in [-0.15, -0.1) is 0 Å². The largest absolute Gasteiger partial charge is 0.496 e. The average Bonchev–Trinajstić information content (AvgIpc) is 2.55. The molecular formula is C17H20N2O3. The number of aromatic nitrogens is 1. The topological polar surface area (TPSA) is 51.7 Å². The zero-order valence-corrected chi connectivity index (χ0v) is 13.3. The van der Waals surface area contributed by atoms with Crippen molar-refractivity contribution in [3.05, 3.63) is 53.3 Å². The lowest BCUT2D eigenvalue weighted by Gasteiger charge is -2.19. The smallest absolute Gasteiger partial charge is 0.254 e. The van der Waals surface area contributed by atoms with Gasteiger partial charge in [-0.2, -0.15) is 0 Å². The Kier molecular flexibility index (Phi) is 4.99. The molecule has 0 fully saturated rings. The van der Waals surface area contributed by atoms with Crippen LogP contribution in [0.2, 0.25) is 0 Å². The first-order chi connectivity index (χ1) is 10.6. The van der Waals surface area contributed by atoms with Crippen molar-refractivity contribution < 1.29 is 14.3 Å². The molecule has 0 bridgehead atoms. The number of amides is 1. The highest BCUT2D eigenvalue weighted by Gasteiger charge is 2.17. The predicted octanol–water partition coefficient (Wildman–Crippen LogP) is 2.68. The Balaban J connectivity index is 2.25. The SMILES string of the molecule is COc1cc(C(=O)N(C)Cc2cccnc2)cc(OC)c1C. The molecule has 0 atom stereocenters. The number of benzene rings is 1. The summed E-state index contributed by atoms with van der Waals surface area (Å²) < 4.78 is 10.6. The van der Waals surface area contributed by atoms with E-state index in [9.17, 15) is 4.79 Å². The summed E-state index contributed by atoms with van der Waals surface area (Å²) >= 11 is 0. The first kappa shape index (κ1) is 15.8. The third-order valence-electron chi connectivity index (χ3n) is 3.49. The number of pyridine rings is 1. The number of methoxy groups -OCH3 is 2.